The van der Waals surface area contributed by atoms with E-state index in [1.165, 1.54) is 12.1 Å². The van der Waals surface area contributed by atoms with E-state index in [0.717, 1.165) is 16.9 Å². The summed E-state index contributed by atoms with van der Waals surface area (Å²) < 4.78 is 10.8. The van der Waals surface area contributed by atoms with Crippen molar-refractivity contribution in [2.45, 2.75) is 13.5 Å². The molecule has 0 aliphatic rings. The van der Waals surface area contributed by atoms with Crippen LogP contribution in [-0.4, -0.2) is 24.5 Å². The molecule has 3 aromatic rings. The van der Waals surface area contributed by atoms with Crippen LogP contribution in [-0.2, 0) is 11.3 Å². The lowest BCUT2D eigenvalue weighted by Gasteiger charge is -2.23. The number of nitrogens with zero attached hydrogens (tertiary/aromatic N) is 2. The number of rotatable bonds is 8. The van der Waals surface area contributed by atoms with Crippen molar-refractivity contribution in [2.75, 3.05) is 18.6 Å². The Labute approximate surface area is 174 Å². The van der Waals surface area contributed by atoms with Crippen molar-refractivity contribution in [2.24, 2.45) is 0 Å². The minimum absolute atomic E-state index is 0.0356. The molecule has 7 heteroatoms. The second-order valence-corrected chi connectivity index (χ2v) is 6.70. The molecule has 0 aromatic heterocycles. The molecule has 0 fully saturated rings. The van der Waals surface area contributed by atoms with Crippen LogP contribution >= 0.6 is 0 Å². The lowest BCUT2D eigenvalue weighted by atomic mass is 10.1. The number of carbonyl (C=O) groups excluding carboxylic acids is 1. The predicted molar refractivity (Wildman–Crippen MR) is 114 cm³/mol. The summed E-state index contributed by atoms with van der Waals surface area (Å²) in [5.74, 6) is 1.05. The highest BCUT2D eigenvalue weighted by molar-refractivity contribution is 5.94. The van der Waals surface area contributed by atoms with Gasteiger partial charge in [-0.1, -0.05) is 29.8 Å². The Kier molecular flexibility index (Phi) is 6.64. The van der Waals surface area contributed by atoms with Gasteiger partial charge in [0.15, 0.2) is 6.61 Å². The predicted octanol–water partition coefficient (Wildman–Crippen LogP) is 4.52. The van der Waals surface area contributed by atoms with Gasteiger partial charge in [0.05, 0.1) is 18.6 Å². The van der Waals surface area contributed by atoms with Gasteiger partial charge in [0, 0.05) is 17.8 Å². The van der Waals surface area contributed by atoms with Crippen molar-refractivity contribution < 1.29 is 19.2 Å². The van der Waals surface area contributed by atoms with Crippen molar-refractivity contribution in [3.8, 4) is 11.5 Å². The maximum absolute atomic E-state index is 13.0. The van der Waals surface area contributed by atoms with Crippen LogP contribution in [0.3, 0.4) is 0 Å². The molecule has 3 aromatic carbocycles. The summed E-state index contributed by atoms with van der Waals surface area (Å²) in [6.07, 6.45) is 0. The lowest BCUT2D eigenvalue weighted by molar-refractivity contribution is -0.384. The molecule has 0 bridgehead atoms. The van der Waals surface area contributed by atoms with E-state index >= 15 is 0 Å². The summed E-state index contributed by atoms with van der Waals surface area (Å²) in [5.41, 5.74) is 2.50. The van der Waals surface area contributed by atoms with Gasteiger partial charge in [-0.05, 0) is 48.9 Å². The molecule has 0 radical (unpaired) electrons. The quantitative estimate of drug-likeness (QED) is 0.406. The Balaban J connectivity index is 1.80. The standard InChI is InChI=1S/C23H22N2O5/c1-17-3-11-22(12-4-17)30-16-23(26)24(15-18-5-13-21(29-2)14-6-18)19-7-9-20(10-8-19)25(27)28/h3-14H,15-16H2,1-2H3. The van der Waals surface area contributed by atoms with Gasteiger partial charge >= 0.3 is 0 Å². The average molecular weight is 406 g/mol. The van der Waals surface area contributed by atoms with E-state index in [1.807, 2.05) is 55.5 Å². The van der Waals surface area contributed by atoms with Crippen LogP contribution < -0.4 is 14.4 Å². The first-order chi connectivity index (χ1) is 14.5. The van der Waals surface area contributed by atoms with Gasteiger partial charge in [0.1, 0.15) is 11.5 Å². The van der Waals surface area contributed by atoms with E-state index < -0.39 is 4.92 Å². The smallest absolute Gasteiger partial charge is 0.269 e. The van der Waals surface area contributed by atoms with E-state index in [1.54, 1.807) is 24.1 Å². The molecule has 0 aliphatic heterocycles. The van der Waals surface area contributed by atoms with Gasteiger partial charge in [-0.15, -0.1) is 0 Å². The molecule has 0 spiro atoms. The van der Waals surface area contributed by atoms with Crippen molar-refractivity contribution in [3.63, 3.8) is 0 Å². The minimum atomic E-state index is -0.472. The van der Waals surface area contributed by atoms with E-state index in [9.17, 15) is 14.9 Å². The van der Waals surface area contributed by atoms with Crippen LogP contribution in [0.4, 0.5) is 11.4 Å². The second kappa shape index (κ2) is 9.56. The van der Waals surface area contributed by atoms with E-state index in [-0.39, 0.29) is 24.7 Å². The number of ether oxygens (including phenoxy) is 2. The number of hydrogen-bond donors (Lipinski definition) is 0. The molecule has 0 unspecified atom stereocenters. The molecule has 7 nitrogen and oxygen atoms in total. The minimum Gasteiger partial charge on any atom is -0.497 e. The number of hydrogen-bond acceptors (Lipinski definition) is 5. The lowest BCUT2D eigenvalue weighted by Crippen LogP contribution is -2.34. The van der Waals surface area contributed by atoms with Crippen molar-refractivity contribution in [1.29, 1.82) is 0 Å². The number of anilines is 1. The van der Waals surface area contributed by atoms with Gasteiger partial charge in [-0.2, -0.15) is 0 Å². The number of amides is 1. The Morgan fingerprint density at radius 1 is 0.933 bits per heavy atom. The maximum atomic E-state index is 13.0. The van der Waals surface area contributed by atoms with Gasteiger partial charge in [0.2, 0.25) is 0 Å². The first kappa shape index (κ1) is 20.9. The zero-order chi connectivity index (χ0) is 21.5. The summed E-state index contributed by atoms with van der Waals surface area (Å²) in [6, 6.07) is 20.7. The monoisotopic (exact) mass is 406 g/mol. The molecule has 0 aliphatic carbocycles. The Morgan fingerprint density at radius 2 is 1.53 bits per heavy atom. The Hall–Kier alpha value is -3.87. The van der Waals surface area contributed by atoms with Gasteiger partial charge in [-0.3, -0.25) is 14.9 Å². The van der Waals surface area contributed by atoms with E-state index in [4.69, 9.17) is 9.47 Å². The van der Waals surface area contributed by atoms with Gasteiger partial charge in [-0.25, -0.2) is 0 Å². The molecule has 0 saturated heterocycles. The summed E-state index contributed by atoms with van der Waals surface area (Å²) in [7, 11) is 1.59. The van der Waals surface area contributed by atoms with E-state index in [2.05, 4.69) is 0 Å². The first-order valence-electron chi connectivity index (χ1n) is 9.33. The molecule has 0 heterocycles. The molecule has 30 heavy (non-hydrogen) atoms. The number of aryl methyl sites for hydroxylation is 1. The van der Waals surface area contributed by atoms with Crippen molar-refractivity contribution >= 4 is 17.3 Å². The fourth-order valence-electron chi connectivity index (χ4n) is 2.85. The number of nitro benzene ring substituents is 1. The number of carbonyl (C=O) groups is 1. The molecule has 154 valence electrons. The first-order valence-corrected chi connectivity index (χ1v) is 9.33. The Morgan fingerprint density at radius 3 is 2.10 bits per heavy atom. The zero-order valence-electron chi connectivity index (χ0n) is 16.8. The Bertz CT molecular complexity index is 999. The van der Waals surface area contributed by atoms with Crippen LogP contribution in [0, 0.1) is 17.0 Å². The molecule has 0 saturated carbocycles. The third-order valence-electron chi connectivity index (χ3n) is 4.56. The van der Waals surface area contributed by atoms with Crippen molar-refractivity contribution in [1.82, 2.24) is 0 Å². The van der Waals surface area contributed by atoms with Crippen LogP contribution in [0.1, 0.15) is 11.1 Å². The van der Waals surface area contributed by atoms with Crippen molar-refractivity contribution in [3.05, 3.63) is 94.0 Å². The largest absolute Gasteiger partial charge is 0.497 e. The normalized spacial score (nSPS) is 10.3. The SMILES string of the molecule is COc1ccc(CN(C(=O)COc2ccc(C)cc2)c2ccc([N+](=O)[O-])cc2)cc1. The summed E-state index contributed by atoms with van der Waals surface area (Å²) in [5, 5.41) is 10.9. The molecule has 0 N–H and O–H groups in total. The highest BCUT2D eigenvalue weighted by Crippen LogP contribution is 2.23. The number of benzene rings is 3. The summed E-state index contributed by atoms with van der Waals surface area (Å²) >= 11 is 0. The van der Waals surface area contributed by atoms with Crippen LogP contribution in [0.25, 0.3) is 0 Å². The number of methoxy groups -OCH3 is 1. The molecular formula is C23H22N2O5. The second-order valence-electron chi connectivity index (χ2n) is 6.70. The van der Waals surface area contributed by atoms with Crippen LogP contribution in [0.15, 0.2) is 72.8 Å². The number of non-ortho nitro benzene ring substituents is 1. The average Bonchev–Trinajstić information content (AvgIpc) is 2.77. The van der Waals surface area contributed by atoms with Crippen LogP contribution in [0.5, 0.6) is 11.5 Å². The molecule has 1 amide bonds. The summed E-state index contributed by atoms with van der Waals surface area (Å²) in [6.45, 7) is 2.11. The van der Waals surface area contributed by atoms with Crippen LogP contribution in [0.2, 0.25) is 0 Å². The third kappa shape index (κ3) is 5.35. The highest BCUT2D eigenvalue weighted by Gasteiger charge is 2.18. The zero-order valence-corrected chi connectivity index (χ0v) is 16.8. The maximum Gasteiger partial charge on any atom is 0.269 e. The molecular weight excluding hydrogens is 384 g/mol. The fraction of sp³-hybridized carbons (Fsp3) is 0.174. The topological polar surface area (TPSA) is 81.9 Å². The van der Waals surface area contributed by atoms with Gasteiger partial charge in [0.25, 0.3) is 11.6 Å². The molecule has 3 rings (SSSR count). The number of nitro groups is 1. The molecule has 0 atom stereocenters. The van der Waals surface area contributed by atoms with E-state index in [0.29, 0.717) is 11.4 Å². The van der Waals surface area contributed by atoms with Gasteiger partial charge < -0.3 is 14.4 Å². The highest BCUT2D eigenvalue weighted by atomic mass is 16.6. The summed E-state index contributed by atoms with van der Waals surface area (Å²) in [4.78, 5) is 25.0. The third-order valence-corrected chi connectivity index (χ3v) is 4.56. The fourth-order valence-corrected chi connectivity index (χ4v) is 2.85.